The van der Waals surface area contributed by atoms with Gasteiger partial charge in [-0.1, -0.05) is 31.2 Å². The molecule has 0 aliphatic heterocycles. The van der Waals surface area contributed by atoms with E-state index in [1.165, 1.54) is 13.3 Å². The summed E-state index contributed by atoms with van der Waals surface area (Å²) in [5.74, 6) is -0.619. The van der Waals surface area contributed by atoms with E-state index in [2.05, 4.69) is 22.4 Å². The van der Waals surface area contributed by atoms with Crippen molar-refractivity contribution >= 4 is 23.7 Å². The van der Waals surface area contributed by atoms with Crippen LogP contribution in [0.25, 0.3) is 0 Å². The highest BCUT2D eigenvalue weighted by atomic mass is 16.5. The van der Waals surface area contributed by atoms with Gasteiger partial charge in [-0.15, -0.1) is 6.58 Å². The minimum atomic E-state index is -0.537. The van der Waals surface area contributed by atoms with Crippen molar-refractivity contribution in [1.29, 1.82) is 0 Å². The molecule has 152 valence electrons. The lowest BCUT2D eigenvalue weighted by Crippen LogP contribution is -2.25. The largest absolute Gasteiger partial charge is 0.504 e. The van der Waals surface area contributed by atoms with Crippen LogP contribution in [-0.4, -0.2) is 30.2 Å². The number of hydrazone groups is 1. The zero-order chi connectivity index (χ0) is 21.2. The molecule has 2 aromatic carbocycles. The number of nitrogens with one attached hydrogen (secondary N) is 2. The maximum Gasteiger partial charge on any atom is 0.249 e. The van der Waals surface area contributed by atoms with Crippen molar-refractivity contribution < 1.29 is 19.4 Å². The highest BCUT2D eigenvalue weighted by Crippen LogP contribution is 2.31. The topological polar surface area (TPSA) is 100 Å². The summed E-state index contributed by atoms with van der Waals surface area (Å²) in [7, 11) is 1.45. The van der Waals surface area contributed by atoms with Gasteiger partial charge in [0, 0.05) is 11.3 Å². The Labute approximate surface area is 170 Å². The maximum absolute atomic E-state index is 12.1. The predicted octanol–water partition coefficient (Wildman–Crippen LogP) is 3.17. The molecule has 0 aliphatic rings. The van der Waals surface area contributed by atoms with Gasteiger partial charge in [0.05, 0.1) is 13.3 Å². The SMILES string of the molecule is C=CCc1cc(C=NNC(=O)CC(=O)Nc2ccccc2CC)cc(OC)c1O. The van der Waals surface area contributed by atoms with Gasteiger partial charge in [-0.25, -0.2) is 5.43 Å². The summed E-state index contributed by atoms with van der Waals surface area (Å²) in [5, 5.41) is 16.7. The Morgan fingerprint density at radius 2 is 1.97 bits per heavy atom. The molecule has 0 saturated carbocycles. The Hall–Kier alpha value is -3.61. The minimum absolute atomic E-state index is 0.0395. The molecule has 29 heavy (non-hydrogen) atoms. The number of phenols is 1. The first-order valence-electron chi connectivity index (χ1n) is 9.18. The summed E-state index contributed by atoms with van der Waals surface area (Å²) in [6.45, 7) is 5.65. The summed E-state index contributed by atoms with van der Waals surface area (Å²) in [5.41, 5.74) is 5.27. The second kappa shape index (κ2) is 10.7. The van der Waals surface area contributed by atoms with Crippen LogP contribution in [0, 0.1) is 0 Å². The van der Waals surface area contributed by atoms with E-state index in [-0.39, 0.29) is 12.2 Å². The number of ether oxygens (including phenoxy) is 1. The number of para-hydroxylation sites is 1. The fourth-order valence-electron chi connectivity index (χ4n) is 2.74. The molecular formula is C22H25N3O4. The highest BCUT2D eigenvalue weighted by Gasteiger charge is 2.11. The molecule has 2 amide bonds. The van der Waals surface area contributed by atoms with Crippen molar-refractivity contribution in [2.45, 2.75) is 26.2 Å². The van der Waals surface area contributed by atoms with Crippen molar-refractivity contribution in [3.63, 3.8) is 0 Å². The Balaban J connectivity index is 1.96. The van der Waals surface area contributed by atoms with Crippen LogP contribution < -0.4 is 15.5 Å². The van der Waals surface area contributed by atoms with E-state index in [4.69, 9.17) is 4.74 Å². The monoisotopic (exact) mass is 395 g/mol. The van der Waals surface area contributed by atoms with Gasteiger partial charge in [0.15, 0.2) is 11.5 Å². The summed E-state index contributed by atoms with van der Waals surface area (Å²) < 4.78 is 5.14. The number of anilines is 1. The van der Waals surface area contributed by atoms with Crippen LogP contribution in [0.1, 0.15) is 30.0 Å². The first-order chi connectivity index (χ1) is 14.0. The number of aryl methyl sites for hydroxylation is 1. The third-order valence-electron chi connectivity index (χ3n) is 4.16. The molecule has 2 aromatic rings. The fraction of sp³-hybridized carbons (Fsp3) is 0.227. The number of hydrogen-bond donors (Lipinski definition) is 3. The molecule has 0 heterocycles. The Bertz CT molecular complexity index is 922. The number of amides is 2. The van der Waals surface area contributed by atoms with E-state index in [9.17, 15) is 14.7 Å². The van der Waals surface area contributed by atoms with Crippen LogP contribution in [-0.2, 0) is 22.4 Å². The molecule has 2 rings (SSSR count). The Kier molecular flexibility index (Phi) is 7.97. The third-order valence-corrected chi connectivity index (χ3v) is 4.16. The lowest BCUT2D eigenvalue weighted by molar-refractivity contribution is -0.126. The molecule has 0 bridgehead atoms. The molecule has 0 fully saturated rings. The van der Waals surface area contributed by atoms with Crippen LogP contribution in [0.2, 0.25) is 0 Å². The van der Waals surface area contributed by atoms with Gasteiger partial charge in [0.1, 0.15) is 6.42 Å². The number of carbonyl (C=O) groups excluding carboxylic acids is 2. The van der Waals surface area contributed by atoms with Gasteiger partial charge in [-0.3, -0.25) is 9.59 Å². The van der Waals surface area contributed by atoms with Crippen LogP contribution in [0.5, 0.6) is 11.5 Å². The summed E-state index contributed by atoms with van der Waals surface area (Å²) in [4.78, 5) is 24.1. The van der Waals surface area contributed by atoms with Gasteiger partial charge in [-0.05, 0) is 42.2 Å². The molecule has 0 aromatic heterocycles. The lowest BCUT2D eigenvalue weighted by Gasteiger charge is -2.09. The van der Waals surface area contributed by atoms with Crippen LogP contribution >= 0.6 is 0 Å². The Morgan fingerprint density at radius 1 is 1.21 bits per heavy atom. The number of methoxy groups -OCH3 is 1. The second-order valence-corrected chi connectivity index (χ2v) is 6.25. The smallest absolute Gasteiger partial charge is 0.249 e. The normalized spacial score (nSPS) is 10.6. The first-order valence-corrected chi connectivity index (χ1v) is 9.18. The summed E-state index contributed by atoms with van der Waals surface area (Å²) in [6, 6.07) is 10.7. The average molecular weight is 395 g/mol. The number of aromatic hydroxyl groups is 1. The molecule has 0 aliphatic carbocycles. The maximum atomic E-state index is 12.1. The van der Waals surface area contributed by atoms with E-state index >= 15 is 0 Å². The number of nitrogens with zero attached hydrogens (tertiary/aromatic N) is 1. The van der Waals surface area contributed by atoms with Crippen molar-refractivity contribution in [3.05, 3.63) is 65.7 Å². The zero-order valence-electron chi connectivity index (χ0n) is 16.6. The zero-order valence-corrected chi connectivity index (χ0v) is 16.6. The van der Waals surface area contributed by atoms with Crippen molar-refractivity contribution in [2.24, 2.45) is 5.10 Å². The second-order valence-electron chi connectivity index (χ2n) is 6.25. The van der Waals surface area contributed by atoms with Gasteiger partial charge in [0.25, 0.3) is 0 Å². The van der Waals surface area contributed by atoms with Crippen molar-refractivity contribution in [2.75, 3.05) is 12.4 Å². The number of phenolic OH excluding ortho intramolecular Hbond substituents is 1. The van der Waals surface area contributed by atoms with Gasteiger partial charge < -0.3 is 15.2 Å². The van der Waals surface area contributed by atoms with E-state index < -0.39 is 11.8 Å². The van der Waals surface area contributed by atoms with E-state index in [0.29, 0.717) is 29.0 Å². The van der Waals surface area contributed by atoms with E-state index in [1.54, 1.807) is 24.3 Å². The van der Waals surface area contributed by atoms with E-state index in [1.807, 2.05) is 25.1 Å². The van der Waals surface area contributed by atoms with Crippen LogP contribution in [0.15, 0.2) is 54.2 Å². The van der Waals surface area contributed by atoms with E-state index in [0.717, 1.165) is 12.0 Å². The van der Waals surface area contributed by atoms with Crippen molar-refractivity contribution in [1.82, 2.24) is 5.43 Å². The molecule has 3 N–H and O–H groups in total. The standard InChI is InChI=1S/C22H25N3O4/c1-4-8-17-11-15(12-19(29-3)22(17)28)14-23-25-21(27)13-20(26)24-18-10-7-6-9-16(18)5-2/h4,6-7,9-12,14,28H,1,5,8,13H2,2-3H3,(H,24,26)(H,25,27). The van der Waals surface area contributed by atoms with Gasteiger partial charge in [-0.2, -0.15) is 5.10 Å². The lowest BCUT2D eigenvalue weighted by atomic mass is 10.1. The van der Waals surface area contributed by atoms with Gasteiger partial charge >= 0.3 is 0 Å². The number of carbonyl (C=O) groups is 2. The molecule has 0 saturated heterocycles. The van der Waals surface area contributed by atoms with Crippen molar-refractivity contribution in [3.8, 4) is 11.5 Å². The first kappa shape index (κ1) is 21.7. The molecule has 0 unspecified atom stereocenters. The summed E-state index contributed by atoms with van der Waals surface area (Å²) >= 11 is 0. The van der Waals surface area contributed by atoms with Crippen LogP contribution in [0.3, 0.4) is 0 Å². The number of hydrogen-bond acceptors (Lipinski definition) is 5. The summed E-state index contributed by atoms with van der Waals surface area (Å²) in [6.07, 6.45) is 3.95. The molecule has 0 spiro atoms. The van der Waals surface area contributed by atoms with Crippen LogP contribution in [0.4, 0.5) is 5.69 Å². The molecule has 0 atom stereocenters. The number of benzene rings is 2. The fourth-order valence-corrected chi connectivity index (χ4v) is 2.74. The molecular weight excluding hydrogens is 370 g/mol. The average Bonchev–Trinajstić information content (AvgIpc) is 2.70. The quantitative estimate of drug-likeness (QED) is 0.263. The molecule has 0 radical (unpaired) electrons. The minimum Gasteiger partial charge on any atom is -0.504 e. The molecule has 7 nitrogen and oxygen atoms in total. The molecule has 7 heteroatoms. The predicted molar refractivity (Wildman–Crippen MR) is 113 cm³/mol. The van der Waals surface area contributed by atoms with Gasteiger partial charge in [0.2, 0.25) is 11.8 Å². The number of rotatable bonds is 9. The third kappa shape index (κ3) is 6.21. The number of allylic oxidation sites excluding steroid dienone is 1. The Morgan fingerprint density at radius 3 is 2.66 bits per heavy atom. The highest BCUT2D eigenvalue weighted by molar-refractivity contribution is 6.04.